The second-order valence-electron chi connectivity index (χ2n) is 7.11. The van der Waals surface area contributed by atoms with E-state index in [4.69, 9.17) is 4.74 Å². The van der Waals surface area contributed by atoms with Gasteiger partial charge in [0, 0.05) is 33.2 Å². The fourth-order valence-corrected chi connectivity index (χ4v) is 3.28. The fraction of sp³-hybridized carbons (Fsp3) is 0.650. The van der Waals surface area contributed by atoms with Gasteiger partial charge in [0.1, 0.15) is 12.4 Å². The lowest BCUT2D eigenvalue weighted by atomic mass is 9.97. The summed E-state index contributed by atoms with van der Waals surface area (Å²) in [7, 11) is 3.91. The lowest BCUT2D eigenvalue weighted by molar-refractivity contribution is 0.140. The summed E-state index contributed by atoms with van der Waals surface area (Å²) >= 11 is 0. The first-order chi connectivity index (χ1) is 12.1. The summed E-state index contributed by atoms with van der Waals surface area (Å²) in [5.41, 5.74) is 0. The Morgan fingerprint density at radius 1 is 1.35 bits per heavy atom. The molecule has 1 N–H and O–H groups in total. The highest BCUT2D eigenvalue weighted by Crippen LogP contribution is 2.17. The van der Waals surface area contributed by atoms with Gasteiger partial charge in [-0.25, -0.2) is 0 Å². The van der Waals surface area contributed by atoms with Gasteiger partial charge in [0.2, 0.25) is 0 Å². The van der Waals surface area contributed by atoms with E-state index in [-0.39, 0.29) is 24.0 Å². The van der Waals surface area contributed by atoms with Gasteiger partial charge in [-0.15, -0.1) is 24.0 Å². The van der Waals surface area contributed by atoms with E-state index in [1.165, 1.54) is 25.9 Å². The second-order valence-corrected chi connectivity index (χ2v) is 7.11. The normalized spacial score (nSPS) is 18.3. The maximum absolute atomic E-state index is 5.78. The minimum Gasteiger partial charge on any atom is -0.492 e. The molecule has 0 radical (unpaired) electrons. The van der Waals surface area contributed by atoms with Crippen LogP contribution in [0.5, 0.6) is 5.75 Å². The van der Waals surface area contributed by atoms with E-state index >= 15 is 0 Å². The maximum Gasteiger partial charge on any atom is 0.193 e. The minimum atomic E-state index is 0. The number of para-hydroxylation sites is 1. The quantitative estimate of drug-likeness (QED) is 0.374. The molecule has 1 aliphatic heterocycles. The summed E-state index contributed by atoms with van der Waals surface area (Å²) < 4.78 is 5.78. The zero-order valence-corrected chi connectivity index (χ0v) is 19.0. The molecule has 1 unspecified atom stereocenters. The lowest BCUT2D eigenvalue weighted by Crippen LogP contribution is -2.47. The van der Waals surface area contributed by atoms with Gasteiger partial charge in [-0.05, 0) is 51.3 Å². The third kappa shape index (κ3) is 7.70. The van der Waals surface area contributed by atoms with Gasteiger partial charge < -0.3 is 19.9 Å². The molecular formula is C20H35IN4O. The SMILES string of the molecule is CN=C(NCC1CCCN(C(C)C)C1)N(C)CCOc1ccccc1.I. The van der Waals surface area contributed by atoms with Crippen molar-refractivity contribution >= 4 is 29.9 Å². The molecule has 1 atom stereocenters. The zero-order chi connectivity index (χ0) is 18.1. The van der Waals surface area contributed by atoms with Gasteiger partial charge >= 0.3 is 0 Å². The van der Waals surface area contributed by atoms with Crippen molar-refractivity contribution in [2.75, 3.05) is 46.9 Å². The summed E-state index contributed by atoms with van der Waals surface area (Å²) in [6, 6.07) is 10.6. The van der Waals surface area contributed by atoms with Crippen LogP contribution in [0.2, 0.25) is 0 Å². The van der Waals surface area contributed by atoms with Crippen LogP contribution in [-0.2, 0) is 0 Å². The molecule has 1 aromatic rings. The average molecular weight is 474 g/mol. The predicted molar refractivity (Wildman–Crippen MR) is 121 cm³/mol. The molecule has 0 aromatic heterocycles. The van der Waals surface area contributed by atoms with Gasteiger partial charge in [0.15, 0.2) is 5.96 Å². The predicted octanol–water partition coefficient (Wildman–Crippen LogP) is 3.31. The van der Waals surface area contributed by atoms with Crippen molar-refractivity contribution in [3.63, 3.8) is 0 Å². The third-order valence-corrected chi connectivity index (χ3v) is 4.84. The van der Waals surface area contributed by atoms with Gasteiger partial charge in [0.25, 0.3) is 0 Å². The van der Waals surface area contributed by atoms with Crippen molar-refractivity contribution < 1.29 is 4.74 Å². The zero-order valence-electron chi connectivity index (χ0n) is 16.6. The first kappa shape index (κ1) is 23.0. The number of halogens is 1. The molecule has 1 fully saturated rings. The van der Waals surface area contributed by atoms with Crippen LogP contribution in [-0.4, -0.2) is 68.7 Å². The van der Waals surface area contributed by atoms with Crippen LogP contribution in [0.15, 0.2) is 35.3 Å². The monoisotopic (exact) mass is 474 g/mol. The van der Waals surface area contributed by atoms with E-state index in [0.717, 1.165) is 24.8 Å². The molecule has 5 nitrogen and oxygen atoms in total. The molecule has 0 spiro atoms. The van der Waals surface area contributed by atoms with Crippen molar-refractivity contribution in [2.45, 2.75) is 32.7 Å². The van der Waals surface area contributed by atoms with Crippen molar-refractivity contribution in [1.82, 2.24) is 15.1 Å². The fourth-order valence-electron chi connectivity index (χ4n) is 3.28. The van der Waals surface area contributed by atoms with Gasteiger partial charge in [0.05, 0.1) is 6.54 Å². The number of ether oxygens (including phenoxy) is 1. The smallest absolute Gasteiger partial charge is 0.193 e. The molecule has 1 aromatic carbocycles. The van der Waals surface area contributed by atoms with Crippen LogP contribution in [0, 0.1) is 5.92 Å². The van der Waals surface area contributed by atoms with Crippen molar-refractivity contribution in [1.29, 1.82) is 0 Å². The highest BCUT2D eigenvalue weighted by molar-refractivity contribution is 14.0. The molecule has 6 heteroatoms. The van der Waals surface area contributed by atoms with Crippen molar-refractivity contribution in [3.05, 3.63) is 30.3 Å². The minimum absolute atomic E-state index is 0. The number of likely N-dealkylation sites (tertiary alicyclic amines) is 1. The highest BCUT2D eigenvalue weighted by Gasteiger charge is 2.22. The number of hydrogen-bond acceptors (Lipinski definition) is 3. The Morgan fingerprint density at radius 2 is 2.08 bits per heavy atom. The summed E-state index contributed by atoms with van der Waals surface area (Å²) in [4.78, 5) is 9.12. The molecule has 0 saturated carbocycles. The standard InChI is InChI=1S/C20H34N4O.HI/c1-17(2)24-12-8-9-18(16-24)15-22-20(21-3)23(4)13-14-25-19-10-6-5-7-11-19;/h5-7,10-11,17-18H,8-9,12-16H2,1-4H3,(H,21,22);1H. The first-order valence-electron chi connectivity index (χ1n) is 9.44. The molecule has 1 saturated heterocycles. The summed E-state index contributed by atoms with van der Waals surface area (Å²) in [6.45, 7) is 9.43. The molecule has 26 heavy (non-hydrogen) atoms. The molecule has 1 heterocycles. The van der Waals surface area contributed by atoms with Crippen LogP contribution in [0.4, 0.5) is 0 Å². The molecule has 1 aliphatic rings. The Kier molecular flexibility index (Phi) is 11.0. The van der Waals surface area contributed by atoms with E-state index in [1.54, 1.807) is 0 Å². The third-order valence-electron chi connectivity index (χ3n) is 4.84. The number of hydrogen-bond donors (Lipinski definition) is 1. The van der Waals surface area contributed by atoms with Crippen molar-refractivity contribution in [3.8, 4) is 5.75 Å². The Labute approximate surface area is 176 Å². The van der Waals surface area contributed by atoms with Crippen LogP contribution < -0.4 is 10.1 Å². The number of rotatable bonds is 7. The molecule has 0 amide bonds. The van der Waals surface area contributed by atoms with E-state index in [1.807, 2.05) is 37.4 Å². The van der Waals surface area contributed by atoms with E-state index in [0.29, 0.717) is 18.6 Å². The Morgan fingerprint density at radius 3 is 2.73 bits per heavy atom. The number of benzene rings is 1. The van der Waals surface area contributed by atoms with Crippen LogP contribution in [0.1, 0.15) is 26.7 Å². The first-order valence-corrected chi connectivity index (χ1v) is 9.44. The molecule has 0 aliphatic carbocycles. The maximum atomic E-state index is 5.78. The number of aliphatic imine (C=N–C) groups is 1. The molecule has 2 rings (SSSR count). The summed E-state index contributed by atoms with van der Waals surface area (Å²) in [5.74, 6) is 2.55. The number of guanidine groups is 1. The van der Waals surface area contributed by atoms with Crippen molar-refractivity contribution in [2.24, 2.45) is 10.9 Å². The number of likely N-dealkylation sites (N-methyl/N-ethyl adjacent to an activating group) is 1. The van der Waals surface area contributed by atoms with Gasteiger partial charge in [-0.3, -0.25) is 4.99 Å². The van der Waals surface area contributed by atoms with Crippen LogP contribution in [0.3, 0.4) is 0 Å². The van der Waals surface area contributed by atoms with E-state index in [2.05, 4.69) is 41.0 Å². The molecular weight excluding hydrogens is 439 g/mol. The molecule has 0 bridgehead atoms. The summed E-state index contributed by atoms with van der Waals surface area (Å²) in [5, 5.41) is 3.54. The number of nitrogens with one attached hydrogen (secondary N) is 1. The van der Waals surface area contributed by atoms with Crippen LogP contribution >= 0.6 is 24.0 Å². The highest BCUT2D eigenvalue weighted by atomic mass is 127. The second kappa shape index (κ2) is 12.4. The summed E-state index contributed by atoms with van der Waals surface area (Å²) in [6.07, 6.45) is 2.60. The Bertz CT molecular complexity index is 524. The number of piperidine rings is 1. The average Bonchev–Trinajstić information content (AvgIpc) is 2.63. The topological polar surface area (TPSA) is 40.1 Å². The van der Waals surface area contributed by atoms with Gasteiger partial charge in [-0.2, -0.15) is 0 Å². The lowest BCUT2D eigenvalue weighted by Gasteiger charge is -2.36. The van der Waals surface area contributed by atoms with Crippen LogP contribution in [0.25, 0.3) is 0 Å². The number of nitrogens with zero attached hydrogens (tertiary/aromatic N) is 3. The Balaban J connectivity index is 0.00000338. The molecule has 148 valence electrons. The van der Waals surface area contributed by atoms with E-state index < -0.39 is 0 Å². The van der Waals surface area contributed by atoms with Gasteiger partial charge in [-0.1, -0.05) is 18.2 Å². The van der Waals surface area contributed by atoms with E-state index in [9.17, 15) is 0 Å². The Hall–Kier alpha value is -1.02. The largest absolute Gasteiger partial charge is 0.492 e.